The van der Waals surface area contributed by atoms with Crippen molar-refractivity contribution in [3.8, 4) is 11.5 Å². The van der Waals surface area contributed by atoms with Gasteiger partial charge in [0.1, 0.15) is 29.8 Å². The SMILES string of the molecule is C[C@@H](CCc1ccc(O[C@@H]2O[C@H](C(=O)O)[C@@H](O)[C@H](O)[C@H]2O)cc1)NC[C@@H](O)c1ccc(O)cc1. The first-order valence-electron chi connectivity index (χ1n) is 11.0. The van der Waals surface area contributed by atoms with Gasteiger partial charge in [-0.3, -0.25) is 0 Å². The molecule has 0 bridgehead atoms. The molecule has 0 unspecified atom stereocenters. The van der Waals surface area contributed by atoms with Crippen molar-refractivity contribution in [3.05, 3.63) is 59.7 Å². The Labute approximate surface area is 197 Å². The Hall–Kier alpha value is -2.73. The Morgan fingerprint density at radius 1 is 1.03 bits per heavy atom. The number of phenolic OH excluding ortho intramolecular Hbond substituents is 1. The Kier molecular flexibility index (Phi) is 8.84. The summed E-state index contributed by atoms with van der Waals surface area (Å²) in [5.74, 6) is -1.01. The highest BCUT2D eigenvalue weighted by atomic mass is 16.7. The largest absolute Gasteiger partial charge is 0.508 e. The number of aliphatic carboxylic acids is 1. The van der Waals surface area contributed by atoms with Crippen LogP contribution in [0.25, 0.3) is 0 Å². The van der Waals surface area contributed by atoms with E-state index in [9.17, 15) is 30.3 Å². The summed E-state index contributed by atoms with van der Waals surface area (Å²) in [5.41, 5.74) is 1.74. The molecule has 0 amide bonds. The zero-order valence-corrected chi connectivity index (χ0v) is 18.7. The summed E-state index contributed by atoms with van der Waals surface area (Å²) in [6.45, 7) is 2.39. The molecule has 1 heterocycles. The quantitative estimate of drug-likeness (QED) is 0.253. The lowest BCUT2D eigenvalue weighted by Crippen LogP contribution is -2.61. The van der Waals surface area contributed by atoms with Crippen LogP contribution in [-0.4, -0.2) is 79.9 Å². The molecule has 1 fully saturated rings. The molecule has 186 valence electrons. The molecule has 7 atom stereocenters. The minimum atomic E-state index is -1.77. The van der Waals surface area contributed by atoms with E-state index in [1.807, 2.05) is 19.1 Å². The summed E-state index contributed by atoms with van der Waals surface area (Å²) in [4.78, 5) is 11.2. The summed E-state index contributed by atoms with van der Waals surface area (Å²) >= 11 is 0. The van der Waals surface area contributed by atoms with Crippen LogP contribution in [0.5, 0.6) is 11.5 Å². The second kappa shape index (κ2) is 11.6. The highest BCUT2D eigenvalue weighted by Gasteiger charge is 2.48. The van der Waals surface area contributed by atoms with Crippen molar-refractivity contribution in [2.24, 2.45) is 0 Å². The number of carboxylic acid groups (broad SMARTS) is 1. The fourth-order valence-corrected chi connectivity index (χ4v) is 3.63. The maximum Gasteiger partial charge on any atom is 0.335 e. The number of hydrogen-bond acceptors (Lipinski definition) is 9. The number of phenols is 1. The Balaban J connectivity index is 1.46. The van der Waals surface area contributed by atoms with Crippen molar-refractivity contribution in [2.75, 3.05) is 6.54 Å². The number of aliphatic hydroxyl groups is 4. The molecule has 0 saturated carbocycles. The molecule has 34 heavy (non-hydrogen) atoms. The molecule has 2 aromatic carbocycles. The Morgan fingerprint density at radius 3 is 2.29 bits per heavy atom. The molecule has 3 rings (SSSR count). The van der Waals surface area contributed by atoms with Crippen molar-refractivity contribution in [1.29, 1.82) is 0 Å². The van der Waals surface area contributed by atoms with Gasteiger partial charge in [0.25, 0.3) is 0 Å². The van der Waals surface area contributed by atoms with Crippen LogP contribution in [0.1, 0.15) is 30.6 Å². The standard InChI is InChI=1S/C24H31NO9/c1-13(25-12-18(27)15-6-8-16(26)9-7-15)2-3-14-4-10-17(11-5-14)33-24-21(30)19(28)20(29)22(34-24)23(31)32/h4-11,13,18-22,24-30H,2-3,12H2,1H3,(H,31,32)/t13-,18+,19-,20-,21+,22-,24+/m0/s1. The Morgan fingerprint density at radius 2 is 1.68 bits per heavy atom. The second-order valence-corrected chi connectivity index (χ2v) is 8.45. The number of benzene rings is 2. The first-order valence-corrected chi connectivity index (χ1v) is 11.0. The van der Waals surface area contributed by atoms with Crippen LogP contribution >= 0.6 is 0 Å². The number of aromatic hydroxyl groups is 1. The lowest BCUT2D eigenvalue weighted by Gasteiger charge is -2.38. The molecule has 7 N–H and O–H groups in total. The number of carboxylic acids is 1. The zero-order valence-electron chi connectivity index (χ0n) is 18.7. The first-order chi connectivity index (χ1) is 16.2. The lowest BCUT2D eigenvalue weighted by molar-refractivity contribution is -0.271. The molecule has 1 aliphatic rings. The molecular weight excluding hydrogens is 446 g/mol. The second-order valence-electron chi connectivity index (χ2n) is 8.45. The van der Waals surface area contributed by atoms with Gasteiger partial charge in [-0.25, -0.2) is 4.79 Å². The third-order valence-corrected chi connectivity index (χ3v) is 5.79. The van der Waals surface area contributed by atoms with Crippen LogP contribution in [0.2, 0.25) is 0 Å². The van der Waals surface area contributed by atoms with Crippen LogP contribution in [0.15, 0.2) is 48.5 Å². The van der Waals surface area contributed by atoms with Crippen molar-refractivity contribution in [3.63, 3.8) is 0 Å². The third kappa shape index (κ3) is 6.66. The maximum atomic E-state index is 11.2. The molecule has 0 spiro atoms. The Bertz CT molecular complexity index is 921. The molecule has 10 heteroatoms. The van der Waals surface area contributed by atoms with E-state index in [1.165, 1.54) is 12.1 Å². The van der Waals surface area contributed by atoms with E-state index >= 15 is 0 Å². The van der Waals surface area contributed by atoms with Crippen LogP contribution in [-0.2, 0) is 16.0 Å². The monoisotopic (exact) mass is 477 g/mol. The normalized spacial score (nSPS) is 26.6. The van der Waals surface area contributed by atoms with Crippen LogP contribution in [0, 0.1) is 0 Å². The molecular formula is C24H31NO9. The van der Waals surface area contributed by atoms with Crippen molar-refractivity contribution < 1.29 is 44.9 Å². The predicted octanol–water partition coefficient (Wildman–Crippen LogP) is 0.307. The van der Waals surface area contributed by atoms with Crippen LogP contribution < -0.4 is 10.1 Å². The summed E-state index contributed by atoms with van der Waals surface area (Å²) in [6.07, 6.45) is -7.41. The van der Waals surface area contributed by atoms with E-state index in [2.05, 4.69) is 5.32 Å². The average Bonchev–Trinajstić information content (AvgIpc) is 2.82. The number of nitrogens with one attached hydrogen (secondary N) is 1. The number of rotatable bonds is 10. The molecule has 1 aliphatic heterocycles. The lowest BCUT2D eigenvalue weighted by atomic mass is 9.99. The number of aliphatic hydroxyl groups excluding tert-OH is 4. The van der Waals surface area contributed by atoms with Gasteiger partial charge >= 0.3 is 5.97 Å². The summed E-state index contributed by atoms with van der Waals surface area (Å²) in [7, 11) is 0. The summed E-state index contributed by atoms with van der Waals surface area (Å²) < 4.78 is 10.6. The first kappa shape index (κ1) is 25.9. The third-order valence-electron chi connectivity index (χ3n) is 5.79. The fraction of sp³-hybridized carbons (Fsp3) is 0.458. The van der Waals surface area contributed by atoms with Crippen LogP contribution in [0.4, 0.5) is 0 Å². The van der Waals surface area contributed by atoms with Crippen molar-refractivity contribution >= 4 is 5.97 Å². The number of aryl methyl sites for hydroxylation is 1. The van der Waals surface area contributed by atoms with E-state index in [-0.39, 0.29) is 11.8 Å². The minimum absolute atomic E-state index is 0.134. The van der Waals surface area contributed by atoms with Gasteiger partial charge in [0.2, 0.25) is 6.29 Å². The van der Waals surface area contributed by atoms with Gasteiger partial charge in [-0.05, 0) is 55.2 Å². The topological polar surface area (TPSA) is 169 Å². The summed E-state index contributed by atoms with van der Waals surface area (Å²) in [5, 5.41) is 61.7. The fourth-order valence-electron chi connectivity index (χ4n) is 3.63. The minimum Gasteiger partial charge on any atom is -0.508 e. The molecule has 0 aliphatic carbocycles. The van der Waals surface area contributed by atoms with Crippen molar-refractivity contribution in [1.82, 2.24) is 5.32 Å². The summed E-state index contributed by atoms with van der Waals surface area (Å²) in [6, 6.07) is 13.5. The van der Waals surface area contributed by atoms with Gasteiger partial charge in [0.05, 0.1) is 6.10 Å². The van der Waals surface area contributed by atoms with E-state index in [4.69, 9.17) is 14.6 Å². The number of carbonyl (C=O) groups is 1. The molecule has 1 saturated heterocycles. The zero-order chi connectivity index (χ0) is 24.8. The van der Waals surface area contributed by atoms with Gasteiger partial charge in [-0.1, -0.05) is 24.3 Å². The smallest absolute Gasteiger partial charge is 0.335 e. The van der Waals surface area contributed by atoms with Crippen molar-refractivity contribution in [2.45, 2.75) is 62.6 Å². The van der Waals surface area contributed by atoms with E-state index in [1.54, 1.807) is 24.3 Å². The van der Waals surface area contributed by atoms with Gasteiger partial charge in [0, 0.05) is 12.6 Å². The van der Waals surface area contributed by atoms with Gasteiger partial charge in [0.15, 0.2) is 6.10 Å². The van der Waals surface area contributed by atoms with E-state index in [0.29, 0.717) is 12.3 Å². The molecule has 10 nitrogen and oxygen atoms in total. The van der Waals surface area contributed by atoms with Gasteiger partial charge in [-0.2, -0.15) is 0 Å². The average molecular weight is 478 g/mol. The molecule has 0 radical (unpaired) electrons. The maximum absolute atomic E-state index is 11.2. The highest BCUT2D eigenvalue weighted by molar-refractivity contribution is 5.73. The van der Waals surface area contributed by atoms with E-state index in [0.717, 1.165) is 24.0 Å². The number of hydrogen-bond donors (Lipinski definition) is 7. The molecule has 2 aromatic rings. The van der Waals surface area contributed by atoms with Crippen LogP contribution in [0.3, 0.4) is 0 Å². The van der Waals surface area contributed by atoms with Gasteiger partial charge in [-0.15, -0.1) is 0 Å². The highest BCUT2D eigenvalue weighted by Crippen LogP contribution is 2.25. The molecule has 0 aromatic heterocycles. The number of ether oxygens (including phenoxy) is 2. The predicted molar refractivity (Wildman–Crippen MR) is 120 cm³/mol. The van der Waals surface area contributed by atoms with E-state index < -0.39 is 42.8 Å². The van der Waals surface area contributed by atoms with Gasteiger partial charge < -0.3 is 45.4 Å².